The highest BCUT2D eigenvalue weighted by atomic mass is 16.4. The number of nitrogens with zero attached hydrogens (tertiary/aromatic N) is 1. The molecule has 3 rings (SSSR count). The van der Waals surface area contributed by atoms with Gasteiger partial charge in [-0.3, -0.25) is 4.79 Å². The third-order valence-corrected chi connectivity index (χ3v) is 4.26. The second-order valence-corrected chi connectivity index (χ2v) is 4.98. The first-order chi connectivity index (χ1) is 8.15. The lowest BCUT2D eigenvalue weighted by Crippen LogP contribution is -2.70. The molecule has 1 aliphatic carbocycles. The number of carboxylic acid groups (broad SMARTS) is 1. The first-order valence-electron chi connectivity index (χ1n) is 5.95. The van der Waals surface area contributed by atoms with Crippen molar-refractivity contribution in [1.29, 1.82) is 0 Å². The molecule has 92 valence electrons. The quantitative estimate of drug-likeness (QED) is 0.617. The van der Waals surface area contributed by atoms with Crippen LogP contribution in [0.4, 0.5) is 0 Å². The fourth-order valence-corrected chi connectivity index (χ4v) is 3.25. The number of aliphatic hydroxyl groups is 1. The van der Waals surface area contributed by atoms with Crippen LogP contribution in [-0.2, 0) is 4.79 Å². The highest BCUT2D eigenvalue weighted by molar-refractivity contribution is 5.73. The lowest BCUT2D eigenvalue weighted by Gasteiger charge is -2.58. The van der Waals surface area contributed by atoms with E-state index >= 15 is 0 Å². The summed E-state index contributed by atoms with van der Waals surface area (Å²) in [7, 11) is 0. The van der Waals surface area contributed by atoms with Gasteiger partial charge in [0.15, 0.2) is 0 Å². The Balaban J connectivity index is 1.97. The van der Waals surface area contributed by atoms with Crippen LogP contribution >= 0.6 is 0 Å². The lowest BCUT2D eigenvalue weighted by molar-refractivity contribution is -0.156. The van der Waals surface area contributed by atoms with E-state index in [0.717, 1.165) is 18.5 Å². The fraction of sp³-hybridized carbons (Fsp3) is 0.583. The minimum atomic E-state index is -0.728. The normalized spacial score (nSPS) is 35.8. The summed E-state index contributed by atoms with van der Waals surface area (Å²) in [5, 5.41) is 22.3. The first kappa shape index (κ1) is 10.7. The minimum absolute atomic E-state index is 0.263. The predicted octanol–water partition coefficient (Wildman–Crippen LogP) is 0.464. The molecule has 3 N–H and O–H groups in total. The Bertz CT molecular complexity index is 429. The Morgan fingerprint density at radius 1 is 1.59 bits per heavy atom. The maximum atomic E-state index is 11.3. The second kappa shape index (κ2) is 3.50. The summed E-state index contributed by atoms with van der Waals surface area (Å²) in [5.41, 5.74) is 0.503. The lowest BCUT2D eigenvalue weighted by atomic mass is 9.64. The number of hydrogen-bond acceptors (Lipinski definition) is 4. The van der Waals surface area contributed by atoms with E-state index in [-0.39, 0.29) is 17.2 Å². The van der Waals surface area contributed by atoms with Crippen LogP contribution in [0.25, 0.3) is 0 Å². The van der Waals surface area contributed by atoms with Gasteiger partial charge in [0.2, 0.25) is 0 Å². The van der Waals surface area contributed by atoms with Crippen LogP contribution in [0.15, 0.2) is 23.6 Å². The van der Waals surface area contributed by atoms with Gasteiger partial charge in [-0.1, -0.05) is 6.08 Å². The Hall–Kier alpha value is -1.49. The van der Waals surface area contributed by atoms with E-state index in [2.05, 4.69) is 10.2 Å². The van der Waals surface area contributed by atoms with Gasteiger partial charge in [-0.25, -0.2) is 0 Å². The Labute approximate surface area is 99.4 Å². The topological polar surface area (TPSA) is 72.8 Å². The molecular weight excluding hydrogens is 220 g/mol. The van der Waals surface area contributed by atoms with Gasteiger partial charge in [0, 0.05) is 19.6 Å². The zero-order valence-corrected chi connectivity index (χ0v) is 9.52. The number of nitrogens with one attached hydrogen (secondary N) is 1. The van der Waals surface area contributed by atoms with Gasteiger partial charge in [-0.2, -0.15) is 0 Å². The zero-order chi connectivity index (χ0) is 12.0. The number of carboxylic acids is 1. The molecule has 2 heterocycles. The van der Waals surface area contributed by atoms with Crippen molar-refractivity contribution in [1.82, 2.24) is 10.2 Å². The van der Waals surface area contributed by atoms with Crippen LogP contribution < -0.4 is 5.32 Å². The number of carbonyl (C=O) groups is 1. The molecule has 5 heteroatoms. The monoisotopic (exact) mass is 236 g/mol. The molecule has 1 saturated carbocycles. The molecule has 2 atom stereocenters. The van der Waals surface area contributed by atoms with Crippen LogP contribution in [0.3, 0.4) is 0 Å². The third-order valence-electron chi connectivity index (χ3n) is 4.26. The van der Waals surface area contributed by atoms with Crippen LogP contribution in [-0.4, -0.2) is 46.3 Å². The molecule has 3 aliphatic rings. The average molecular weight is 236 g/mol. The number of hydrogen-bond donors (Lipinski definition) is 3. The highest BCUT2D eigenvalue weighted by Gasteiger charge is 2.56. The molecule has 0 amide bonds. The van der Waals surface area contributed by atoms with Crippen LogP contribution in [0.1, 0.15) is 12.8 Å². The van der Waals surface area contributed by atoms with Crippen molar-refractivity contribution in [2.45, 2.75) is 18.4 Å². The second-order valence-electron chi connectivity index (χ2n) is 4.98. The molecule has 2 unspecified atom stereocenters. The van der Waals surface area contributed by atoms with E-state index in [1.807, 2.05) is 6.08 Å². The van der Waals surface area contributed by atoms with Gasteiger partial charge in [0.25, 0.3) is 0 Å². The standard InChI is InChI=1S/C12H16N2O3/c15-10-2-1-5-14-9(10)6-13-7-12(14)4-3-8(12)11(16)17/h1-2,8,13,15H,3-7H2,(H,16,17). The fourth-order valence-electron chi connectivity index (χ4n) is 3.25. The molecular formula is C12H16N2O3. The van der Waals surface area contributed by atoms with Gasteiger partial charge in [0.1, 0.15) is 5.76 Å². The Morgan fingerprint density at radius 3 is 3.06 bits per heavy atom. The van der Waals surface area contributed by atoms with Crippen molar-refractivity contribution >= 4 is 5.97 Å². The summed E-state index contributed by atoms with van der Waals surface area (Å²) >= 11 is 0. The first-order valence-corrected chi connectivity index (χ1v) is 5.95. The Kier molecular flexibility index (Phi) is 2.19. The van der Waals surface area contributed by atoms with Gasteiger partial charge in [-0.05, 0) is 18.9 Å². The average Bonchev–Trinajstić information content (AvgIpc) is 2.26. The number of piperazine rings is 1. The summed E-state index contributed by atoms with van der Waals surface area (Å²) in [5.74, 6) is -0.795. The molecule has 0 aromatic carbocycles. The Morgan fingerprint density at radius 2 is 2.41 bits per heavy atom. The summed E-state index contributed by atoms with van der Waals surface area (Å²) in [6.07, 6.45) is 5.19. The predicted molar refractivity (Wildman–Crippen MR) is 61.5 cm³/mol. The van der Waals surface area contributed by atoms with E-state index in [0.29, 0.717) is 19.6 Å². The van der Waals surface area contributed by atoms with Crippen molar-refractivity contribution in [3.05, 3.63) is 23.6 Å². The summed E-state index contributed by atoms with van der Waals surface area (Å²) in [6.45, 7) is 2.00. The summed E-state index contributed by atoms with van der Waals surface area (Å²) in [6, 6.07) is 0. The van der Waals surface area contributed by atoms with E-state index in [4.69, 9.17) is 0 Å². The molecule has 1 spiro atoms. The number of fused-ring (bicyclic) bond motifs is 2. The number of allylic oxidation sites excluding steroid dienone is 1. The number of aliphatic hydroxyl groups excluding tert-OH is 1. The van der Waals surface area contributed by atoms with Gasteiger partial charge < -0.3 is 20.4 Å². The van der Waals surface area contributed by atoms with Crippen molar-refractivity contribution < 1.29 is 15.0 Å². The van der Waals surface area contributed by atoms with Crippen molar-refractivity contribution in [2.75, 3.05) is 19.6 Å². The van der Waals surface area contributed by atoms with Crippen molar-refractivity contribution in [3.8, 4) is 0 Å². The minimum Gasteiger partial charge on any atom is -0.506 e. The summed E-state index contributed by atoms with van der Waals surface area (Å²) < 4.78 is 0. The zero-order valence-electron chi connectivity index (χ0n) is 9.52. The van der Waals surface area contributed by atoms with E-state index < -0.39 is 5.97 Å². The smallest absolute Gasteiger partial charge is 0.308 e. The third kappa shape index (κ3) is 1.32. The van der Waals surface area contributed by atoms with Crippen LogP contribution in [0.5, 0.6) is 0 Å². The molecule has 17 heavy (non-hydrogen) atoms. The maximum Gasteiger partial charge on any atom is 0.308 e. The molecule has 2 fully saturated rings. The van der Waals surface area contributed by atoms with E-state index in [1.54, 1.807) is 6.08 Å². The molecule has 0 radical (unpaired) electrons. The number of aliphatic carboxylic acids is 1. The van der Waals surface area contributed by atoms with Gasteiger partial charge in [0.05, 0.1) is 17.2 Å². The van der Waals surface area contributed by atoms with E-state index in [9.17, 15) is 15.0 Å². The molecule has 1 saturated heterocycles. The van der Waals surface area contributed by atoms with Gasteiger partial charge in [-0.15, -0.1) is 0 Å². The molecule has 2 aliphatic heterocycles. The maximum absolute atomic E-state index is 11.3. The largest absolute Gasteiger partial charge is 0.506 e. The van der Waals surface area contributed by atoms with Crippen molar-refractivity contribution in [3.63, 3.8) is 0 Å². The molecule has 0 aromatic heterocycles. The van der Waals surface area contributed by atoms with Gasteiger partial charge >= 0.3 is 5.97 Å². The highest BCUT2D eigenvalue weighted by Crippen LogP contribution is 2.47. The van der Waals surface area contributed by atoms with E-state index in [1.165, 1.54) is 0 Å². The molecule has 0 bridgehead atoms. The SMILES string of the molecule is O=C(O)C1CCC12CNCC1=C(O)C=CCN12. The molecule has 5 nitrogen and oxygen atoms in total. The number of rotatable bonds is 1. The van der Waals surface area contributed by atoms with Crippen molar-refractivity contribution in [2.24, 2.45) is 5.92 Å². The van der Waals surface area contributed by atoms with Crippen LogP contribution in [0, 0.1) is 5.92 Å². The summed E-state index contributed by atoms with van der Waals surface area (Å²) in [4.78, 5) is 13.3. The van der Waals surface area contributed by atoms with Crippen LogP contribution in [0.2, 0.25) is 0 Å². The molecule has 0 aromatic rings.